The molecule has 7 heteroatoms. The molecule has 6 nitrogen and oxygen atoms in total. The van der Waals surface area contributed by atoms with Crippen LogP contribution in [0.4, 0.5) is 4.79 Å². The predicted octanol–water partition coefficient (Wildman–Crippen LogP) is 2.70. The largest absolute Gasteiger partial charge is 0.465 e. The van der Waals surface area contributed by atoms with Crippen LogP contribution in [0, 0.1) is 0 Å². The topological polar surface area (TPSA) is 98.7 Å². The summed E-state index contributed by atoms with van der Waals surface area (Å²) in [5, 5.41) is 23.8. The second-order valence-corrected chi connectivity index (χ2v) is 6.30. The summed E-state index contributed by atoms with van der Waals surface area (Å²) in [6.45, 7) is 1.70. The van der Waals surface area contributed by atoms with E-state index in [4.69, 9.17) is 16.7 Å². The maximum atomic E-state index is 12.3. The molecule has 0 heterocycles. The average molecular weight is 341 g/mol. The molecule has 0 saturated heterocycles. The lowest BCUT2D eigenvalue weighted by Crippen LogP contribution is -2.38. The van der Waals surface area contributed by atoms with E-state index in [9.17, 15) is 14.7 Å². The number of carboxylic acid groups (broad SMARTS) is 1. The Balaban J connectivity index is 2.02. The Morgan fingerprint density at radius 3 is 2.48 bits per heavy atom. The Morgan fingerprint density at radius 2 is 1.91 bits per heavy atom. The fourth-order valence-electron chi connectivity index (χ4n) is 2.74. The van der Waals surface area contributed by atoms with Crippen molar-refractivity contribution in [2.24, 2.45) is 0 Å². The zero-order valence-electron chi connectivity index (χ0n) is 12.9. The molecule has 0 aliphatic heterocycles. The van der Waals surface area contributed by atoms with E-state index in [2.05, 4.69) is 10.6 Å². The molecule has 1 aromatic rings. The van der Waals surface area contributed by atoms with E-state index >= 15 is 0 Å². The summed E-state index contributed by atoms with van der Waals surface area (Å²) in [6.07, 6.45) is 1.50. The van der Waals surface area contributed by atoms with Gasteiger partial charge in [0.05, 0.1) is 22.7 Å². The van der Waals surface area contributed by atoms with Crippen LogP contribution in [0.2, 0.25) is 5.02 Å². The van der Waals surface area contributed by atoms with Crippen LogP contribution >= 0.6 is 11.6 Å². The monoisotopic (exact) mass is 340 g/mol. The summed E-state index contributed by atoms with van der Waals surface area (Å²) < 4.78 is 0. The van der Waals surface area contributed by atoms with Crippen LogP contribution in [-0.2, 0) is 0 Å². The predicted molar refractivity (Wildman–Crippen MR) is 86.8 cm³/mol. The van der Waals surface area contributed by atoms with Crippen molar-refractivity contribution in [1.29, 1.82) is 0 Å². The SMILES string of the molecule is C[C@H](NC(=O)O)c1ccc(C(=O)N[C@H]2CC[C@H](O)CC2)c(Cl)c1. The third kappa shape index (κ3) is 4.84. The molecule has 0 unspecified atom stereocenters. The van der Waals surface area contributed by atoms with Gasteiger partial charge in [0.1, 0.15) is 0 Å². The molecule has 4 N–H and O–H groups in total. The Morgan fingerprint density at radius 1 is 1.26 bits per heavy atom. The third-order valence-electron chi connectivity index (χ3n) is 4.11. The number of aliphatic hydroxyl groups is 1. The van der Waals surface area contributed by atoms with E-state index in [1.165, 1.54) is 0 Å². The molecule has 1 saturated carbocycles. The lowest BCUT2D eigenvalue weighted by Gasteiger charge is -2.26. The van der Waals surface area contributed by atoms with Gasteiger partial charge in [-0.15, -0.1) is 0 Å². The van der Waals surface area contributed by atoms with Crippen molar-refractivity contribution in [2.45, 2.75) is 50.8 Å². The number of rotatable bonds is 4. The van der Waals surface area contributed by atoms with Gasteiger partial charge in [-0.1, -0.05) is 17.7 Å². The second kappa shape index (κ2) is 7.66. The van der Waals surface area contributed by atoms with Gasteiger partial charge in [-0.2, -0.15) is 0 Å². The molecule has 1 aliphatic rings. The fraction of sp³-hybridized carbons (Fsp3) is 0.500. The van der Waals surface area contributed by atoms with Crippen molar-refractivity contribution in [3.8, 4) is 0 Å². The highest BCUT2D eigenvalue weighted by atomic mass is 35.5. The molecule has 126 valence electrons. The van der Waals surface area contributed by atoms with Crippen LogP contribution in [0.3, 0.4) is 0 Å². The number of aliphatic hydroxyl groups excluding tert-OH is 1. The number of halogens is 1. The minimum Gasteiger partial charge on any atom is -0.465 e. The van der Waals surface area contributed by atoms with Gasteiger partial charge in [-0.25, -0.2) is 4.79 Å². The van der Waals surface area contributed by atoms with Crippen LogP contribution in [0.25, 0.3) is 0 Å². The number of carbonyl (C=O) groups is 2. The molecule has 1 aliphatic carbocycles. The molecular formula is C16H21ClN2O4. The fourth-order valence-corrected chi connectivity index (χ4v) is 3.01. The van der Waals surface area contributed by atoms with E-state index in [0.29, 0.717) is 24.0 Å². The second-order valence-electron chi connectivity index (χ2n) is 5.89. The number of benzene rings is 1. The first-order chi connectivity index (χ1) is 10.9. The van der Waals surface area contributed by atoms with Crippen LogP contribution in [-0.4, -0.2) is 34.4 Å². The van der Waals surface area contributed by atoms with E-state index in [0.717, 1.165) is 12.8 Å². The summed E-state index contributed by atoms with van der Waals surface area (Å²) in [5.74, 6) is -0.248. The van der Waals surface area contributed by atoms with Crippen LogP contribution < -0.4 is 10.6 Å². The summed E-state index contributed by atoms with van der Waals surface area (Å²) in [7, 11) is 0. The lowest BCUT2D eigenvalue weighted by atomic mass is 9.93. The van der Waals surface area contributed by atoms with E-state index in [-0.39, 0.29) is 23.1 Å². The number of nitrogens with one attached hydrogen (secondary N) is 2. The summed E-state index contributed by atoms with van der Waals surface area (Å²) in [6, 6.07) is 4.52. The molecular weight excluding hydrogens is 320 g/mol. The van der Waals surface area contributed by atoms with E-state index < -0.39 is 12.1 Å². The summed E-state index contributed by atoms with van der Waals surface area (Å²) >= 11 is 6.17. The van der Waals surface area contributed by atoms with Crippen LogP contribution in [0.5, 0.6) is 0 Å². The zero-order chi connectivity index (χ0) is 17.0. The van der Waals surface area contributed by atoms with Gasteiger partial charge in [0, 0.05) is 6.04 Å². The number of carbonyl (C=O) groups excluding carboxylic acids is 1. The molecule has 1 fully saturated rings. The van der Waals surface area contributed by atoms with E-state index in [1.807, 2.05) is 0 Å². The first kappa shape index (κ1) is 17.6. The average Bonchev–Trinajstić information content (AvgIpc) is 2.48. The van der Waals surface area contributed by atoms with E-state index in [1.54, 1.807) is 25.1 Å². The van der Waals surface area contributed by atoms with Gasteiger partial charge in [0.15, 0.2) is 0 Å². The Bertz CT molecular complexity index is 585. The minimum absolute atomic E-state index is 0.0502. The first-order valence-corrected chi connectivity index (χ1v) is 8.02. The Kier molecular flexibility index (Phi) is 5.85. The number of amides is 2. The highest BCUT2D eigenvalue weighted by molar-refractivity contribution is 6.33. The first-order valence-electron chi connectivity index (χ1n) is 7.64. The smallest absolute Gasteiger partial charge is 0.405 e. The molecule has 0 aromatic heterocycles. The molecule has 1 atom stereocenters. The highest BCUT2D eigenvalue weighted by Crippen LogP contribution is 2.23. The highest BCUT2D eigenvalue weighted by Gasteiger charge is 2.22. The molecule has 2 amide bonds. The van der Waals surface area contributed by atoms with Gasteiger partial charge >= 0.3 is 6.09 Å². The van der Waals surface area contributed by atoms with Crippen molar-refractivity contribution in [3.05, 3.63) is 34.3 Å². The lowest BCUT2D eigenvalue weighted by molar-refractivity contribution is 0.0867. The molecule has 0 radical (unpaired) electrons. The molecule has 0 bridgehead atoms. The van der Waals surface area contributed by atoms with Crippen molar-refractivity contribution >= 4 is 23.6 Å². The van der Waals surface area contributed by atoms with Crippen molar-refractivity contribution in [3.63, 3.8) is 0 Å². The van der Waals surface area contributed by atoms with Gasteiger partial charge < -0.3 is 20.8 Å². The Hall–Kier alpha value is -1.79. The number of hydrogen-bond acceptors (Lipinski definition) is 3. The van der Waals surface area contributed by atoms with Crippen molar-refractivity contribution < 1.29 is 19.8 Å². The quantitative estimate of drug-likeness (QED) is 0.677. The normalized spacial score (nSPS) is 22.2. The van der Waals surface area contributed by atoms with Gasteiger partial charge in [0.2, 0.25) is 0 Å². The van der Waals surface area contributed by atoms with Gasteiger partial charge in [-0.3, -0.25) is 4.79 Å². The zero-order valence-corrected chi connectivity index (χ0v) is 13.6. The summed E-state index contributed by atoms with van der Waals surface area (Å²) in [5.41, 5.74) is 1.05. The molecule has 1 aromatic carbocycles. The Labute approximate surface area is 139 Å². The maximum Gasteiger partial charge on any atom is 0.405 e. The van der Waals surface area contributed by atoms with Gasteiger partial charge in [-0.05, 0) is 50.3 Å². The van der Waals surface area contributed by atoms with Crippen LogP contribution in [0.15, 0.2) is 18.2 Å². The maximum absolute atomic E-state index is 12.3. The molecule has 23 heavy (non-hydrogen) atoms. The van der Waals surface area contributed by atoms with Crippen LogP contribution in [0.1, 0.15) is 54.6 Å². The molecule has 2 rings (SSSR count). The number of hydrogen-bond donors (Lipinski definition) is 4. The molecule has 0 spiro atoms. The van der Waals surface area contributed by atoms with Crippen molar-refractivity contribution in [1.82, 2.24) is 10.6 Å². The van der Waals surface area contributed by atoms with Crippen molar-refractivity contribution in [2.75, 3.05) is 0 Å². The van der Waals surface area contributed by atoms with Gasteiger partial charge in [0.25, 0.3) is 5.91 Å². The minimum atomic E-state index is -1.12. The standard InChI is InChI=1S/C16H21ClN2O4/c1-9(18-16(22)23)10-2-7-13(14(17)8-10)15(21)19-11-3-5-12(20)6-4-11/h2,7-9,11-12,18,20H,3-6H2,1H3,(H,19,21)(H,22,23)/t9-,11-,12-/m0/s1. The summed E-state index contributed by atoms with van der Waals surface area (Å²) in [4.78, 5) is 23.0. The third-order valence-corrected chi connectivity index (χ3v) is 4.42.